The molecule has 1 N–H and O–H groups in total. The van der Waals surface area contributed by atoms with Crippen molar-refractivity contribution in [3.63, 3.8) is 0 Å². The predicted octanol–water partition coefficient (Wildman–Crippen LogP) is 3.60. The normalized spacial score (nSPS) is 11.5. The first-order valence-corrected chi connectivity index (χ1v) is 12.4. The average molecular weight is 505 g/mol. The van der Waals surface area contributed by atoms with Gasteiger partial charge >= 0.3 is 0 Å². The lowest BCUT2D eigenvalue weighted by atomic mass is 10.1. The summed E-state index contributed by atoms with van der Waals surface area (Å²) in [7, 11) is -3.59. The van der Waals surface area contributed by atoms with E-state index in [1.54, 1.807) is 36.4 Å². The first-order chi connectivity index (χ1) is 15.8. The van der Waals surface area contributed by atoms with Crippen LogP contribution in [0.1, 0.15) is 5.56 Å². The molecule has 0 saturated heterocycles. The molecule has 0 unspecified atom stereocenters. The van der Waals surface area contributed by atoms with Gasteiger partial charge < -0.3 is 9.47 Å². The van der Waals surface area contributed by atoms with Crippen molar-refractivity contribution in [1.82, 2.24) is 9.36 Å². The smallest absolute Gasteiger partial charge is 0.268 e. The molecule has 3 rings (SSSR count). The fourth-order valence-electron chi connectivity index (χ4n) is 2.42. The minimum absolute atomic E-state index is 0.0238. The van der Waals surface area contributed by atoms with E-state index in [0.29, 0.717) is 46.8 Å². The second-order valence-corrected chi connectivity index (χ2v) is 9.54. The van der Waals surface area contributed by atoms with Crippen LogP contribution >= 0.6 is 23.1 Å². The topological polar surface area (TPSA) is 131 Å². The Morgan fingerprint density at radius 3 is 2.52 bits per heavy atom. The van der Waals surface area contributed by atoms with E-state index in [1.165, 1.54) is 6.08 Å². The molecular formula is C21H17ClN4O5S2. The van der Waals surface area contributed by atoms with E-state index in [4.69, 9.17) is 21.1 Å². The molecule has 0 spiro atoms. The SMILES string of the molecule is CS(=O)(=O)c1nsc(NC(=O)/C(C#N)=C\c2ccc(OCCOc3ccccc3Cl)cc2)n1. The molecule has 0 aliphatic heterocycles. The maximum atomic E-state index is 12.3. The Balaban J connectivity index is 1.55. The van der Waals surface area contributed by atoms with Crippen molar-refractivity contribution in [2.24, 2.45) is 0 Å². The van der Waals surface area contributed by atoms with E-state index in [1.807, 2.05) is 18.2 Å². The molecule has 170 valence electrons. The summed E-state index contributed by atoms with van der Waals surface area (Å²) in [5.74, 6) is 0.428. The Bertz CT molecular complexity index is 1310. The third-order valence-electron chi connectivity index (χ3n) is 3.96. The Labute approximate surface area is 199 Å². The summed E-state index contributed by atoms with van der Waals surface area (Å²) in [6, 6.07) is 15.7. The van der Waals surface area contributed by atoms with Gasteiger partial charge in [-0.15, -0.1) is 0 Å². The molecule has 0 radical (unpaired) electrons. The number of nitrogens with one attached hydrogen (secondary N) is 1. The zero-order valence-corrected chi connectivity index (χ0v) is 19.6. The Hall–Kier alpha value is -3.46. The van der Waals surface area contributed by atoms with Crippen molar-refractivity contribution >= 4 is 50.1 Å². The van der Waals surface area contributed by atoms with Crippen LogP contribution in [0.15, 0.2) is 59.3 Å². The second kappa shape index (κ2) is 10.9. The lowest BCUT2D eigenvalue weighted by Crippen LogP contribution is -2.13. The Morgan fingerprint density at radius 1 is 1.18 bits per heavy atom. The molecule has 0 aliphatic rings. The molecule has 1 aromatic heterocycles. The molecule has 12 heteroatoms. The van der Waals surface area contributed by atoms with Gasteiger partial charge in [0.25, 0.3) is 11.1 Å². The molecule has 33 heavy (non-hydrogen) atoms. The zero-order chi connectivity index (χ0) is 23.8. The highest BCUT2D eigenvalue weighted by atomic mass is 35.5. The number of para-hydroxylation sites is 1. The van der Waals surface area contributed by atoms with Crippen LogP contribution in [0.25, 0.3) is 6.08 Å². The van der Waals surface area contributed by atoms with Crippen LogP contribution in [0.3, 0.4) is 0 Å². The number of amides is 1. The van der Waals surface area contributed by atoms with Crippen molar-refractivity contribution in [2.45, 2.75) is 5.16 Å². The van der Waals surface area contributed by atoms with Gasteiger partial charge in [-0.2, -0.15) is 14.6 Å². The number of nitrogens with zero attached hydrogens (tertiary/aromatic N) is 3. The summed E-state index contributed by atoms with van der Waals surface area (Å²) in [5.41, 5.74) is 0.406. The van der Waals surface area contributed by atoms with E-state index in [2.05, 4.69) is 14.7 Å². The van der Waals surface area contributed by atoms with Gasteiger partial charge in [0.05, 0.1) is 5.02 Å². The minimum Gasteiger partial charge on any atom is -0.490 e. The number of rotatable bonds is 9. The van der Waals surface area contributed by atoms with Crippen molar-refractivity contribution in [3.8, 4) is 17.6 Å². The zero-order valence-electron chi connectivity index (χ0n) is 17.2. The summed E-state index contributed by atoms with van der Waals surface area (Å²) in [5, 5.41) is 11.8. The number of sulfone groups is 1. The van der Waals surface area contributed by atoms with Gasteiger partial charge in [0.1, 0.15) is 36.4 Å². The summed E-state index contributed by atoms with van der Waals surface area (Å²) < 4.78 is 37.7. The quantitative estimate of drug-likeness (QED) is 0.265. The number of ether oxygens (including phenoxy) is 2. The van der Waals surface area contributed by atoms with E-state index in [-0.39, 0.29) is 10.7 Å². The largest absolute Gasteiger partial charge is 0.490 e. The van der Waals surface area contributed by atoms with Crippen LogP contribution in [-0.4, -0.2) is 43.2 Å². The number of benzene rings is 2. The second-order valence-electron chi connectivity index (χ2n) is 6.47. The van der Waals surface area contributed by atoms with Crippen LogP contribution in [0.2, 0.25) is 5.02 Å². The summed E-state index contributed by atoms with van der Waals surface area (Å²) >= 11 is 6.73. The van der Waals surface area contributed by atoms with Crippen LogP contribution in [0, 0.1) is 11.3 Å². The molecule has 0 atom stereocenters. The van der Waals surface area contributed by atoms with Crippen molar-refractivity contribution in [3.05, 3.63) is 64.7 Å². The van der Waals surface area contributed by atoms with Gasteiger partial charge in [-0.25, -0.2) is 8.42 Å². The minimum atomic E-state index is -3.59. The standard InChI is InChI=1S/C21H17ClN4O5S2/c1-33(28,29)21-25-20(32-26-21)24-19(27)15(13-23)12-14-6-8-16(9-7-14)30-10-11-31-18-5-3-2-4-17(18)22/h2-9,12H,10-11H2,1H3,(H,24,25,26,27)/b15-12-. The maximum Gasteiger partial charge on any atom is 0.268 e. The number of aromatic nitrogens is 2. The Morgan fingerprint density at radius 2 is 1.88 bits per heavy atom. The molecule has 0 aliphatic carbocycles. The number of nitriles is 1. The highest BCUT2D eigenvalue weighted by Crippen LogP contribution is 2.23. The highest BCUT2D eigenvalue weighted by Gasteiger charge is 2.17. The van der Waals surface area contributed by atoms with Crippen LogP contribution < -0.4 is 14.8 Å². The molecule has 1 heterocycles. The number of halogens is 1. The van der Waals surface area contributed by atoms with E-state index in [0.717, 1.165) is 6.26 Å². The number of hydrogen-bond donors (Lipinski definition) is 1. The summed E-state index contributed by atoms with van der Waals surface area (Å²) in [4.78, 5) is 16.1. The molecule has 0 bridgehead atoms. The summed E-state index contributed by atoms with van der Waals surface area (Å²) in [6.07, 6.45) is 2.35. The molecule has 3 aromatic rings. The van der Waals surface area contributed by atoms with Gasteiger partial charge in [-0.3, -0.25) is 10.1 Å². The lowest BCUT2D eigenvalue weighted by molar-refractivity contribution is -0.112. The maximum absolute atomic E-state index is 12.3. The average Bonchev–Trinajstić information content (AvgIpc) is 3.26. The van der Waals surface area contributed by atoms with Gasteiger partial charge in [-0.1, -0.05) is 35.9 Å². The number of anilines is 1. The van der Waals surface area contributed by atoms with Gasteiger partial charge in [0, 0.05) is 17.8 Å². The summed E-state index contributed by atoms with van der Waals surface area (Å²) in [6.45, 7) is 0.598. The first-order valence-electron chi connectivity index (χ1n) is 9.33. The molecule has 1 amide bonds. The lowest BCUT2D eigenvalue weighted by Gasteiger charge is -2.09. The van der Waals surface area contributed by atoms with Gasteiger partial charge in [0.2, 0.25) is 15.0 Å². The molecule has 9 nitrogen and oxygen atoms in total. The molecule has 0 fully saturated rings. The highest BCUT2D eigenvalue weighted by molar-refractivity contribution is 7.90. The van der Waals surface area contributed by atoms with Crippen LogP contribution in [-0.2, 0) is 14.6 Å². The number of carbonyl (C=O) groups is 1. The van der Waals surface area contributed by atoms with Gasteiger partial charge in [0.15, 0.2) is 0 Å². The third-order valence-corrected chi connectivity index (χ3v) is 5.87. The van der Waals surface area contributed by atoms with E-state index in [9.17, 15) is 18.5 Å². The fraction of sp³-hybridized carbons (Fsp3) is 0.143. The Kier molecular flexibility index (Phi) is 8.00. The van der Waals surface area contributed by atoms with Crippen molar-refractivity contribution < 1.29 is 22.7 Å². The van der Waals surface area contributed by atoms with Gasteiger partial charge in [-0.05, 0) is 35.9 Å². The predicted molar refractivity (Wildman–Crippen MR) is 124 cm³/mol. The monoisotopic (exact) mass is 504 g/mol. The van der Waals surface area contributed by atoms with Crippen LogP contribution in [0.4, 0.5) is 5.13 Å². The van der Waals surface area contributed by atoms with E-state index >= 15 is 0 Å². The molecule has 2 aromatic carbocycles. The fourth-order valence-corrected chi connectivity index (χ4v) is 4.05. The molecular weight excluding hydrogens is 488 g/mol. The number of carbonyl (C=O) groups excluding carboxylic acids is 1. The van der Waals surface area contributed by atoms with Crippen molar-refractivity contribution in [1.29, 1.82) is 5.26 Å². The van der Waals surface area contributed by atoms with Crippen molar-refractivity contribution in [2.75, 3.05) is 24.8 Å². The van der Waals surface area contributed by atoms with E-state index < -0.39 is 20.9 Å². The number of hydrogen-bond acceptors (Lipinski definition) is 9. The molecule has 0 saturated carbocycles. The third kappa shape index (κ3) is 7.01. The first kappa shape index (κ1) is 24.2. The van der Waals surface area contributed by atoms with Crippen LogP contribution in [0.5, 0.6) is 11.5 Å².